The third-order valence-electron chi connectivity index (χ3n) is 3.96. The first-order valence-corrected chi connectivity index (χ1v) is 8.92. The van der Waals surface area contributed by atoms with Crippen molar-refractivity contribution >= 4 is 51.9 Å². The van der Waals surface area contributed by atoms with E-state index in [2.05, 4.69) is 0 Å². The molecule has 2 aromatic rings. The molecular weight excluding hydrogens is 370 g/mol. The van der Waals surface area contributed by atoms with Gasteiger partial charge in [-0.05, 0) is 66.9 Å². The number of carboxylic acids is 1. The van der Waals surface area contributed by atoms with Crippen molar-refractivity contribution in [3.63, 3.8) is 0 Å². The quantitative estimate of drug-likeness (QED) is 0.611. The second kappa shape index (κ2) is 6.93. The Morgan fingerprint density at radius 2 is 1.85 bits per heavy atom. The van der Waals surface area contributed by atoms with Crippen LogP contribution in [0, 0.1) is 13.8 Å². The van der Waals surface area contributed by atoms with Crippen LogP contribution in [-0.2, 0) is 4.79 Å². The van der Waals surface area contributed by atoms with Crippen molar-refractivity contribution in [1.29, 1.82) is 0 Å². The van der Waals surface area contributed by atoms with E-state index < -0.39 is 5.97 Å². The lowest BCUT2D eigenvalue weighted by atomic mass is 10.1. The number of aromatic carboxylic acids is 1. The Balaban J connectivity index is 1.97. The van der Waals surface area contributed by atoms with E-state index >= 15 is 0 Å². The van der Waals surface area contributed by atoms with Gasteiger partial charge in [0.05, 0.1) is 16.2 Å². The molecule has 0 bridgehead atoms. The number of carbonyl (C=O) groups is 2. The average Bonchev–Trinajstić information content (AvgIpc) is 2.86. The van der Waals surface area contributed by atoms with Crippen LogP contribution in [0.4, 0.5) is 5.69 Å². The molecule has 0 spiro atoms. The number of carboxylic acid groups (broad SMARTS) is 1. The van der Waals surface area contributed by atoms with Gasteiger partial charge in [-0.3, -0.25) is 9.69 Å². The number of hydrogen-bond acceptors (Lipinski definition) is 5. The Morgan fingerprint density at radius 1 is 1.19 bits per heavy atom. The fourth-order valence-corrected chi connectivity index (χ4v) is 3.99. The zero-order chi connectivity index (χ0) is 19.0. The summed E-state index contributed by atoms with van der Waals surface area (Å²) in [6.07, 6.45) is 1.72. The van der Waals surface area contributed by atoms with Crippen LogP contribution >= 0.6 is 24.0 Å². The Labute approximate surface area is 160 Å². The first kappa shape index (κ1) is 18.2. The summed E-state index contributed by atoms with van der Waals surface area (Å²) in [7, 11) is 0. The minimum Gasteiger partial charge on any atom is -0.507 e. The highest BCUT2D eigenvalue weighted by Gasteiger charge is 2.33. The number of aryl methyl sites for hydroxylation is 2. The maximum atomic E-state index is 12.8. The minimum absolute atomic E-state index is 0.0883. The molecule has 1 fully saturated rings. The SMILES string of the molecule is Cc1cc(/C=C2\SC(=S)N(c3cccc(C(=O)O)c3)C2=O)cc(C)c1O. The first-order chi connectivity index (χ1) is 12.3. The van der Waals surface area contributed by atoms with Crippen LogP contribution in [0.5, 0.6) is 5.75 Å². The molecule has 1 aliphatic heterocycles. The molecule has 0 atom stereocenters. The van der Waals surface area contributed by atoms with Crippen LogP contribution in [0.3, 0.4) is 0 Å². The van der Waals surface area contributed by atoms with Gasteiger partial charge in [-0.25, -0.2) is 4.79 Å². The van der Waals surface area contributed by atoms with Crippen LogP contribution in [0.1, 0.15) is 27.0 Å². The van der Waals surface area contributed by atoms with Crippen molar-refractivity contribution in [2.75, 3.05) is 4.90 Å². The molecule has 1 amide bonds. The summed E-state index contributed by atoms with van der Waals surface area (Å²) in [6.45, 7) is 3.59. The molecule has 1 heterocycles. The number of thiocarbonyl (C=S) groups is 1. The molecule has 26 heavy (non-hydrogen) atoms. The molecule has 0 aliphatic carbocycles. The van der Waals surface area contributed by atoms with Crippen LogP contribution in [0.25, 0.3) is 6.08 Å². The number of rotatable bonds is 3. The Bertz CT molecular complexity index is 958. The van der Waals surface area contributed by atoms with E-state index in [4.69, 9.17) is 17.3 Å². The number of carbonyl (C=O) groups excluding carboxylic acids is 1. The fourth-order valence-electron chi connectivity index (χ4n) is 2.69. The monoisotopic (exact) mass is 385 g/mol. The second-order valence-electron chi connectivity index (χ2n) is 5.88. The lowest BCUT2D eigenvalue weighted by Gasteiger charge is -2.14. The van der Waals surface area contributed by atoms with Gasteiger partial charge in [0.25, 0.3) is 5.91 Å². The van der Waals surface area contributed by atoms with Crippen molar-refractivity contribution in [2.45, 2.75) is 13.8 Å². The topological polar surface area (TPSA) is 77.8 Å². The molecule has 2 N–H and O–H groups in total. The molecule has 132 valence electrons. The van der Waals surface area contributed by atoms with Crippen molar-refractivity contribution < 1.29 is 19.8 Å². The Hall–Kier alpha value is -2.64. The Morgan fingerprint density at radius 3 is 2.46 bits per heavy atom. The molecule has 1 aliphatic rings. The summed E-state index contributed by atoms with van der Waals surface area (Å²) in [5, 5.41) is 19.0. The highest BCUT2D eigenvalue weighted by Crippen LogP contribution is 2.37. The molecule has 1 saturated heterocycles. The van der Waals surface area contributed by atoms with E-state index in [-0.39, 0.29) is 17.2 Å². The number of nitrogens with zero attached hydrogens (tertiary/aromatic N) is 1. The normalized spacial score (nSPS) is 15.8. The highest BCUT2D eigenvalue weighted by molar-refractivity contribution is 8.27. The van der Waals surface area contributed by atoms with Crippen molar-refractivity contribution in [2.24, 2.45) is 0 Å². The lowest BCUT2D eigenvalue weighted by Crippen LogP contribution is -2.27. The summed E-state index contributed by atoms with van der Waals surface area (Å²) in [5.74, 6) is -1.13. The minimum atomic E-state index is -1.07. The number of hydrogen-bond donors (Lipinski definition) is 2. The number of aromatic hydroxyl groups is 1. The molecule has 2 aromatic carbocycles. The molecule has 7 heteroatoms. The maximum Gasteiger partial charge on any atom is 0.335 e. The molecule has 3 rings (SSSR count). The number of amides is 1. The summed E-state index contributed by atoms with van der Waals surface area (Å²) < 4.78 is 0.344. The van der Waals surface area contributed by atoms with E-state index in [0.29, 0.717) is 14.9 Å². The molecule has 0 aromatic heterocycles. The smallest absolute Gasteiger partial charge is 0.335 e. The molecule has 0 unspecified atom stereocenters. The van der Waals surface area contributed by atoms with E-state index in [9.17, 15) is 14.7 Å². The van der Waals surface area contributed by atoms with Gasteiger partial charge in [0.2, 0.25) is 0 Å². The fraction of sp³-hybridized carbons (Fsp3) is 0.105. The van der Waals surface area contributed by atoms with Gasteiger partial charge in [-0.2, -0.15) is 0 Å². The van der Waals surface area contributed by atoms with Gasteiger partial charge in [-0.15, -0.1) is 0 Å². The van der Waals surface area contributed by atoms with Crippen LogP contribution < -0.4 is 4.90 Å². The molecule has 0 radical (unpaired) electrons. The third kappa shape index (κ3) is 3.36. The van der Waals surface area contributed by atoms with Gasteiger partial charge in [0.15, 0.2) is 4.32 Å². The lowest BCUT2D eigenvalue weighted by molar-refractivity contribution is -0.113. The van der Waals surface area contributed by atoms with E-state index in [1.165, 1.54) is 17.0 Å². The van der Waals surface area contributed by atoms with E-state index in [0.717, 1.165) is 28.5 Å². The second-order valence-corrected chi connectivity index (χ2v) is 7.55. The number of phenolic OH excluding ortho intramolecular Hbond substituents is 1. The number of benzene rings is 2. The van der Waals surface area contributed by atoms with E-state index in [1.54, 1.807) is 44.2 Å². The molecular formula is C19H15NO4S2. The predicted octanol–water partition coefficient (Wildman–Crippen LogP) is 4.11. The van der Waals surface area contributed by atoms with E-state index in [1.807, 2.05) is 0 Å². The number of anilines is 1. The van der Waals surface area contributed by atoms with Crippen LogP contribution in [0.2, 0.25) is 0 Å². The van der Waals surface area contributed by atoms with Gasteiger partial charge in [0, 0.05) is 0 Å². The van der Waals surface area contributed by atoms with Gasteiger partial charge >= 0.3 is 5.97 Å². The summed E-state index contributed by atoms with van der Waals surface area (Å²) in [5.41, 5.74) is 2.75. The Kier molecular flexibility index (Phi) is 4.84. The van der Waals surface area contributed by atoms with Crippen molar-refractivity contribution in [3.05, 3.63) is 63.6 Å². The van der Waals surface area contributed by atoms with Gasteiger partial charge in [-0.1, -0.05) is 30.0 Å². The molecule has 5 nitrogen and oxygen atoms in total. The highest BCUT2D eigenvalue weighted by atomic mass is 32.2. The number of phenols is 1. The summed E-state index contributed by atoms with van der Waals surface area (Å²) in [6, 6.07) is 9.69. The van der Waals surface area contributed by atoms with Crippen LogP contribution in [-0.4, -0.2) is 26.4 Å². The van der Waals surface area contributed by atoms with Crippen molar-refractivity contribution in [1.82, 2.24) is 0 Å². The summed E-state index contributed by atoms with van der Waals surface area (Å²) in [4.78, 5) is 25.7. The summed E-state index contributed by atoms with van der Waals surface area (Å²) >= 11 is 6.47. The largest absolute Gasteiger partial charge is 0.507 e. The van der Waals surface area contributed by atoms with Crippen LogP contribution in [0.15, 0.2) is 41.3 Å². The average molecular weight is 385 g/mol. The van der Waals surface area contributed by atoms with Crippen molar-refractivity contribution in [3.8, 4) is 5.75 Å². The number of thioether (sulfide) groups is 1. The molecule has 0 saturated carbocycles. The van der Waals surface area contributed by atoms with Gasteiger partial charge in [0.1, 0.15) is 5.75 Å². The predicted molar refractivity (Wildman–Crippen MR) is 107 cm³/mol. The third-order valence-corrected chi connectivity index (χ3v) is 5.26. The standard InChI is InChI=1S/C19H15NO4S2/c1-10-6-12(7-11(2)16(10)21)8-15-17(22)20(19(25)26-15)14-5-3-4-13(9-14)18(23)24/h3-9,21H,1-2H3,(H,23,24)/b15-8-. The maximum absolute atomic E-state index is 12.8. The zero-order valence-electron chi connectivity index (χ0n) is 14.0. The first-order valence-electron chi connectivity index (χ1n) is 7.69. The van der Waals surface area contributed by atoms with Gasteiger partial charge < -0.3 is 10.2 Å². The zero-order valence-corrected chi connectivity index (χ0v) is 15.6.